The molecule has 21 heavy (non-hydrogen) atoms. The van der Waals surface area contributed by atoms with Crippen molar-refractivity contribution in [1.29, 1.82) is 0 Å². The Kier molecular flexibility index (Phi) is 4.44. The van der Waals surface area contributed by atoms with Gasteiger partial charge in [0.25, 0.3) is 0 Å². The normalized spacial score (nSPS) is 17.0. The lowest BCUT2D eigenvalue weighted by Crippen LogP contribution is -2.36. The van der Waals surface area contributed by atoms with Crippen molar-refractivity contribution in [1.82, 2.24) is 0 Å². The van der Waals surface area contributed by atoms with Crippen LogP contribution in [0.3, 0.4) is 0 Å². The van der Waals surface area contributed by atoms with Gasteiger partial charge in [-0.05, 0) is 37.0 Å². The Bertz CT molecular complexity index is 520. The van der Waals surface area contributed by atoms with Crippen molar-refractivity contribution in [2.24, 2.45) is 5.92 Å². The van der Waals surface area contributed by atoms with E-state index in [4.69, 9.17) is 5.11 Å². The molecular weight excluding hydrogens is 283 g/mol. The zero-order valence-corrected chi connectivity index (χ0v) is 11.8. The number of alkyl halides is 3. The van der Waals surface area contributed by atoms with Crippen molar-refractivity contribution in [3.8, 4) is 0 Å². The smallest absolute Gasteiger partial charge is 0.416 e. The number of rotatable bonds is 3. The number of aryl methyl sites for hydroxylation is 1. The number of piperidine rings is 1. The van der Waals surface area contributed by atoms with Gasteiger partial charge in [-0.2, -0.15) is 13.2 Å². The molecule has 1 aliphatic rings. The number of hydrogen-bond acceptors (Lipinski definition) is 2. The van der Waals surface area contributed by atoms with Crippen LogP contribution in [0.1, 0.15) is 30.9 Å². The van der Waals surface area contributed by atoms with Crippen molar-refractivity contribution in [3.05, 3.63) is 29.3 Å². The Balaban J connectivity index is 2.20. The zero-order valence-electron chi connectivity index (χ0n) is 11.8. The number of benzene rings is 1. The van der Waals surface area contributed by atoms with E-state index in [1.807, 2.05) is 4.90 Å². The monoisotopic (exact) mass is 301 g/mol. The SMILES string of the molecule is CCc1ccc(N2CCC(C(=O)O)CC2)cc1C(F)(F)F. The number of nitrogens with zero attached hydrogens (tertiary/aromatic N) is 1. The van der Waals surface area contributed by atoms with Gasteiger partial charge in [0.05, 0.1) is 11.5 Å². The molecule has 1 aliphatic heterocycles. The van der Waals surface area contributed by atoms with Crippen molar-refractivity contribution >= 4 is 11.7 Å². The average molecular weight is 301 g/mol. The predicted molar refractivity (Wildman–Crippen MR) is 73.4 cm³/mol. The van der Waals surface area contributed by atoms with Gasteiger partial charge in [-0.1, -0.05) is 13.0 Å². The van der Waals surface area contributed by atoms with E-state index in [9.17, 15) is 18.0 Å². The fourth-order valence-corrected chi connectivity index (χ4v) is 2.72. The molecule has 1 saturated heterocycles. The highest BCUT2D eigenvalue weighted by Crippen LogP contribution is 2.35. The maximum atomic E-state index is 13.1. The lowest BCUT2D eigenvalue weighted by atomic mass is 9.96. The largest absolute Gasteiger partial charge is 0.481 e. The molecule has 2 rings (SSSR count). The van der Waals surface area contributed by atoms with Crippen LogP contribution >= 0.6 is 0 Å². The molecule has 0 amide bonds. The minimum Gasteiger partial charge on any atom is -0.481 e. The summed E-state index contributed by atoms with van der Waals surface area (Å²) in [5, 5.41) is 8.95. The van der Waals surface area contributed by atoms with Crippen LogP contribution < -0.4 is 4.90 Å². The number of halogens is 3. The molecule has 1 heterocycles. The molecule has 6 heteroatoms. The number of carbonyl (C=O) groups is 1. The molecule has 0 saturated carbocycles. The van der Waals surface area contributed by atoms with Gasteiger partial charge in [-0.25, -0.2) is 0 Å². The first kappa shape index (κ1) is 15.7. The van der Waals surface area contributed by atoms with E-state index < -0.39 is 23.6 Å². The van der Waals surface area contributed by atoms with Gasteiger partial charge in [0.2, 0.25) is 0 Å². The summed E-state index contributed by atoms with van der Waals surface area (Å²) in [6.45, 7) is 2.64. The number of carboxylic acids is 1. The fraction of sp³-hybridized carbons (Fsp3) is 0.533. The number of carboxylic acid groups (broad SMARTS) is 1. The summed E-state index contributed by atoms with van der Waals surface area (Å²) < 4.78 is 39.2. The van der Waals surface area contributed by atoms with E-state index in [1.54, 1.807) is 13.0 Å². The Labute approximate surface area is 121 Å². The molecule has 0 unspecified atom stereocenters. The second kappa shape index (κ2) is 5.95. The van der Waals surface area contributed by atoms with Gasteiger partial charge < -0.3 is 10.0 Å². The van der Waals surface area contributed by atoms with Crippen LogP contribution in [0.4, 0.5) is 18.9 Å². The van der Waals surface area contributed by atoms with E-state index in [1.165, 1.54) is 12.1 Å². The first-order valence-electron chi connectivity index (χ1n) is 7.00. The summed E-state index contributed by atoms with van der Waals surface area (Å²) in [5.74, 6) is -1.22. The van der Waals surface area contributed by atoms with Crippen molar-refractivity contribution < 1.29 is 23.1 Å². The van der Waals surface area contributed by atoms with Gasteiger partial charge in [0.15, 0.2) is 0 Å². The second-order valence-corrected chi connectivity index (χ2v) is 5.29. The highest BCUT2D eigenvalue weighted by molar-refractivity contribution is 5.70. The first-order valence-corrected chi connectivity index (χ1v) is 7.00. The molecule has 3 nitrogen and oxygen atoms in total. The third-order valence-corrected chi connectivity index (χ3v) is 3.99. The third kappa shape index (κ3) is 3.49. The van der Waals surface area contributed by atoms with Crippen molar-refractivity contribution in [2.75, 3.05) is 18.0 Å². The average Bonchev–Trinajstić information content (AvgIpc) is 2.45. The molecule has 0 radical (unpaired) electrons. The number of aliphatic carboxylic acids is 1. The highest BCUT2D eigenvalue weighted by Gasteiger charge is 2.34. The van der Waals surface area contributed by atoms with Crippen LogP contribution in [0.15, 0.2) is 18.2 Å². The molecule has 0 aliphatic carbocycles. The van der Waals surface area contributed by atoms with Crippen LogP contribution in [0.2, 0.25) is 0 Å². The Morgan fingerprint density at radius 3 is 2.43 bits per heavy atom. The molecule has 0 atom stereocenters. The van der Waals surface area contributed by atoms with E-state index >= 15 is 0 Å². The Morgan fingerprint density at radius 2 is 1.95 bits per heavy atom. The lowest BCUT2D eigenvalue weighted by Gasteiger charge is -2.32. The van der Waals surface area contributed by atoms with Crippen LogP contribution in [-0.2, 0) is 17.4 Å². The van der Waals surface area contributed by atoms with E-state index in [0.717, 1.165) is 0 Å². The molecule has 1 aromatic rings. The van der Waals surface area contributed by atoms with Gasteiger partial charge in [0, 0.05) is 18.8 Å². The summed E-state index contributed by atoms with van der Waals surface area (Å²) in [7, 11) is 0. The van der Waals surface area contributed by atoms with Crippen molar-refractivity contribution in [2.45, 2.75) is 32.4 Å². The summed E-state index contributed by atoms with van der Waals surface area (Å²) in [5.41, 5.74) is 0.206. The van der Waals surface area contributed by atoms with Crippen LogP contribution in [0, 0.1) is 5.92 Å². The maximum Gasteiger partial charge on any atom is 0.416 e. The molecule has 116 valence electrons. The molecule has 1 N–H and O–H groups in total. The second-order valence-electron chi connectivity index (χ2n) is 5.29. The molecule has 0 bridgehead atoms. The topological polar surface area (TPSA) is 40.5 Å². The number of hydrogen-bond donors (Lipinski definition) is 1. The summed E-state index contributed by atoms with van der Waals surface area (Å²) >= 11 is 0. The van der Waals surface area contributed by atoms with Crippen molar-refractivity contribution in [3.63, 3.8) is 0 Å². The highest BCUT2D eigenvalue weighted by atomic mass is 19.4. The molecule has 0 aromatic heterocycles. The standard InChI is InChI=1S/C15H18F3NO2/c1-2-10-3-4-12(9-13(10)15(16,17)18)19-7-5-11(6-8-19)14(20)21/h3-4,9,11H,2,5-8H2,1H3,(H,20,21). The molecular formula is C15H18F3NO2. The minimum atomic E-state index is -4.36. The maximum absolute atomic E-state index is 13.1. The minimum absolute atomic E-state index is 0.284. The van der Waals surface area contributed by atoms with Crippen LogP contribution in [-0.4, -0.2) is 24.2 Å². The first-order chi connectivity index (χ1) is 9.82. The predicted octanol–water partition coefficient (Wildman–Crippen LogP) is 3.57. The third-order valence-electron chi connectivity index (χ3n) is 3.99. The fourth-order valence-electron chi connectivity index (χ4n) is 2.72. The molecule has 0 spiro atoms. The van der Waals surface area contributed by atoms with E-state index in [-0.39, 0.29) is 5.56 Å². The molecule has 1 fully saturated rings. The summed E-state index contributed by atoms with van der Waals surface area (Å²) in [4.78, 5) is 12.7. The lowest BCUT2D eigenvalue weighted by molar-refractivity contribution is -0.142. The van der Waals surface area contributed by atoms with Gasteiger partial charge in [-0.3, -0.25) is 4.79 Å². The van der Waals surface area contributed by atoms with Gasteiger partial charge in [0.1, 0.15) is 0 Å². The summed E-state index contributed by atoms with van der Waals surface area (Å²) in [6.07, 6.45) is -3.10. The van der Waals surface area contributed by atoms with Crippen LogP contribution in [0.5, 0.6) is 0 Å². The Morgan fingerprint density at radius 1 is 1.33 bits per heavy atom. The van der Waals surface area contributed by atoms with E-state index in [2.05, 4.69) is 0 Å². The number of anilines is 1. The molecule has 1 aromatic carbocycles. The van der Waals surface area contributed by atoms with Gasteiger partial charge in [-0.15, -0.1) is 0 Å². The Hall–Kier alpha value is -1.72. The van der Waals surface area contributed by atoms with E-state index in [0.29, 0.717) is 38.0 Å². The zero-order chi connectivity index (χ0) is 15.6. The van der Waals surface area contributed by atoms with Crippen LogP contribution in [0.25, 0.3) is 0 Å². The quantitative estimate of drug-likeness (QED) is 0.928. The summed E-state index contributed by atoms with van der Waals surface area (Å²) in [6, 6.07) is 4.39. The van der Waals surface area contributed by atoms with Gasteiger partial charge >= 0.3 is 12.1 Å².